The first-order valence-electron chi connectivity index (χ1n) is 10.4. The summed E-state index contributed by atoms with van der Waals surface area (Å²) in [6.07, 6.45) is 10.1. The van der Waals surface area contributed by atoms with Crippen LogP contribution in [-0.2, 0) is 9.84 Å². The number of aromatic nitrogens is 1. The normalized spacial score (nSPS) is 15.1. The van der Waals surface area contributed by atoms with Gasteiger partial charge in [-0.15, -0.1) is 0 Å². The van der Waals surface area contributed by atoms with E-state index in [-0.39, 0.29) is 10.9 Å². The van der Waals surface area contributed by atoms with Gasteiger partial charge in [0.15, 0.2) is 15.0 Å². The molecular formula is C23H23N3O4S2. The molecule has 1 saturated carbocycles. The number of nitro benzene ring substituents is 1. The zero-order valence-corrected chi connectivity index (χ0v) is 18.9. The van der Waals surface area contributed by atoms with Crippen LogP contribution in [0, 0.1) is 10.1 Å². The molecule has 7 nitrogen and oxygen atoms in total. The highest BCUT2D eigenvalue weighted by Gasteiger charge is 2.28. The van der Waals surface area contributed by atoms with E-state index in [4.69, 9.17) is 0 Å². The van der Waals surface area contributed by atoms with E-state index in [0.717, 1.165) is 48.2 Å². The van der Waals surface area contributed by atoms with Crippen molar-refractivity contribution < 1.29 is 13.3 Å². The lowest BCUT2D eigenvalue weighted by Gasteiger charge is -2.21. The summed E-state index contributed by atoms with van der Waals surface area (Å²) in [5.41, 5.74) is 1.69. The molecule has 1 aliphatic rings. The van der Waals surface area contributed by atoms with Crippen LogP contribution in [0.15, 0.2) is 59.6 Å². The zero-order chi connectivity index (χ0) is 22.6. The molecule has 166 valence electrons. The lowest BCUT2D eigenvalue weighted by Crippen LogP contribution is -2.24. The Morgan fingerprint density at radius 1 is 1.00 bits per heavy atom. The molecule has 0 unspecified atom stereocenters. The van der Waals surface area contributed by atoms with Crippen molar-refractivity contribution in [3.05, 3.63) is 75.3 Å². The minimum absolute atomic E-state index is 0.0592. The number of nitrogens with zero attached hydrogens (tertiary/aromatic N) is 2. The Balaban J connectivity index is 1.39. The standard InChI is InChI=1S/C23H23N3O4S2/c27-26(28)19-11-6-17(7-12-19)8-13-20-16-24-23(31-20)25-18-9-14-22(15-10-18)32(29,30)21-4-2-1-3-5-21/h6-16,21H,1-5H2,(H,24,25)/b13-8+. The maximum atomic E-state index is 12.8. The molecular weight excluding hydrogens is 446 g/mol. The van der Waals surface area contributed by atoms with Crippen molar-refractivity contribution in [1.82, 2.24) is 4.98 Å². The number of rotatable bonds is 7. The molecule has 1 heterocycles. The number of nitro groups is 1. The summed E-state index contributed by atoms with van der Waals surface area (Å²) in [6, 6.07) is 13.2. The molecule has 4 rings (SSSR count). The third-order valence-electron chi connectivity index (χ3n) is 5.49. The van der Waals surface area contributed by atoms with Crippen molar-refractivity contribution >= 4 is 49.8 Å². The van der Waals surface area contributed by atoms with Gasteiger partial charge in [0, 0.05) is 28.9 Å². The van der Waals surface area contributed by atoms with Crippen LogP contribution in [0.1, 0.15) is 42.5 Å². The number of non-ortho nitro benzene ring substituents is 1. The van der Waals surface area contributed by atoms with Gasteiger partial charge in [0.1, 0.15) is 0 Å². The number of nitrogens with one attached hydrogen (secondary N) is 1. The minimum atomic E-state index is -3.28. The summed E-state index contributed by atoms with van der Waals surface area (Å²) in [4.78, 5) is 16.0. The number of thiazole rings is 1. The molecule has 0 amide bonds. The van der Waals surface area contributed by atoms with Crippen molar-refractivity contribution in [2.24, 2.45) is 0 Å². The van der Waals surface area contributed by atoms with Crippen LogP contribution >= 0.6 is 11.3 Å². The maximum absolute atomic E-state index is 12.8. The van der Waals surface area contributed by atoms with E-state index in [2.05, 4.69) is 10.3 Å². The smallest absolute Gasteiger partial charge is 0.269 e. The number of sulfone groups is 1. The van der Waals surface area contributed by atoms with E-state index in [1.165, 1.54) is 23.5 Å². The molecule has 1 aromatic heterocycles. The van der Waals surface area contributed by atoms with E-state index < -0.39 is 14.8 Å². The molecule has 32 heavy (non-hydrogen) atoms. The fourth-order valence-electron chi connectivity index (χ4n) is 3.73. The Kier molecular flexibility index (Phi) is 6.66. The third-order valence-corrected chi connectivity index (χ3v) is 8.65. The Labute approximate surface area is 190 Å². The lowest BCUT2D eigenvalue weighted by atomic mass is 10.0. The Bertz CT molecular complexity index is 1210. The number of benzene rings is 2. The summed E-state index contributed by atoms with van der Waals surface area (Å²) < 4.78 is 25.7. The summed E-state index contributed by atoms with van der Waals surface area (Å²) in [5.74, 6) is 0. The van der Waals surface area contributed by atoms with Gasteiger partial charge < -0.3 is 5.32 Å². The summed E-state index contributed by atoms with van der Waals surface area (Å²) in [7, 11) is -3.28. The van der Waals surface area contributed by atoms with Gasteiger partial charge in [-0.25, -0.2) is 13.4 Å². The van der Waals surface area contributed by atoms with Crippen LogP contribution in [0.4, 0.5) is 16.5 Å². The van der Waals surface area contributed by atoms with Gasteiger partial charge in [-0.3, -0.25) is 10.1 Å². The SMILES string of the molecule is O=[N+]([O-])c1ccc(/C=C/c2cnc(Nc3ccc(S(=O)(=O)C4CCCCC4)cc3)s2)cc1. The highest BCUT2D eigenvalue weighted by molar-refractivity contribution is 7.92. The van der Waals surface area contributed by atoms with Crippen molar-refractivity contribution in [3.8, 4) is 0 Å². The molecule has 0 atom stereocenters. The van der Waals surface area contributed by atoms with E-state index in [1.54, 1.807) is 42.6 Å². The van der Waals surface area contributed by atoms with Crippen LogP contribution in [0.3, 0.4) is 0 Å². The molecule has 2 aromatic carbocycles. The second-order valence-corrected chi connectivity index (χ2v) is 11.0. The predicted octanol–water partition coefficient (Wildman–Crippen LogP) is 6.07. The fourth-order valence-corrected chi connectivity index (χ4v) is 6.32. The van der Waals surface area contributed by atoms with Crippen LogP contribution < -0.4 is 5.32 Å². The molecule has 0 saturated heterocycles. The molecule has 1 fully saturated rings. The maximum Gasteiger partial charge on any atom is 0.269 e. The molecule has 0 aliphatic heterocycles. The number of hydrogen-bond acceptors (Lipinski definition) is 7. The largest absolute Gasteiger partial charge is 0.332 e. The van der Waals surface area contributed by atoms with E-state index in [0.29, 0.717) is 10.0 Å². The summed E-state index contributed by atoms with van der Waals surface area (Å²) in [6.45, 7) is 0. The van der Waals surface area contributed by atoms with Gasteiger partial charge >= 0.3 is 0 Å². The molecule has 9 heteroatoms. The molecule has 1 N–H and O–H groups in total. The van der Waals surface area contributed by atoms with Gasteiger partial charge in [-0.05, 0) is 60.9 Å². The molecule has 1 aliphatic carbocycles. The highest BCUT2D eigenvalue weighted by atomic mass is 32.2. The number of anilines is 2. The summed E-state index contributed by atoms with van der Waals surface area (Å²) >= 11 is 1.45. The van der Waals surface area contributed by atoms with Gasteiger partial charge in [-0.2, -0.15) is 0 Å². The third kappa shape index (κ3) is 5.23. The molecule has 3 aromatic rings. The van der Waals surface area contributed by atoms with E-state index >= 15 is 0 Å². The average molecular weight is 470 g/mol. The van der Waals surface area contributed by atoms with Crippen molar-refractivity contribution in [2.75, 3.05) is 5.32 Å². The first-order valence-corrected chi connectivity index (χ1v) is 12.8. The lowest BCUT2D eigenvalue weighted by molar-refractivity contribution is -0.384. The second kappa shape index (κ2) is 9.62. The van der Waals surface area contributed by atoms with E-state index in [1.807, 2.05) is 12.2 Å². The Morgan fingerprint density at radius 3 is 2.34 bits per heavy atom. The molecule has 0 bridgehead atoms. The van der Waals surface area contributed by atoms with Crippen molar-refractivity contribution in [2.45, 2.75) is 42.2 Å². The highest BCUT2D eigenvalue weighted by Crippen LogP contribution is 2.30. The van der Waals surface area contributed by atoms with Crippen LogP contribution in [0.5, 0.6) is 0 Å². The zero-order valence-electron chi connectivity index (χ0n) is 17.3. The van der Waals surface area contributed by atoms with Crippen LogP contribution in [0.2, 0.25) is 0 Å². The average Bonchev–Trinajstić information content (AvgIpc) is 3.26. The predicted molar refractivity (Wildman–Crippen MR) is 128 cm³/mol. The van der Waals surface area contributed by atoms with E-state index in [9.17, 15) is 18.5 Å². The minimum Gasteiger partial charge on any atom is -0.332 e. The van der Waals surface area contributed by atoms with Gasteiger partial charge in [0.25, 0.3) is 5.69 Å². The van der Waals surface area contributed by atoms with Gasteiger partial charge in [-0.1, -0.05) is 36.7 Å². The monoisotopic (exact) mass is 469 g/mol. The van der Waals surface area contributed by atoms with Gasteiger partial charge in [0.05, 0.1) is 15.1 Å². The van der Waals surface area contributed by atoms with Crippen molar-refractivity contribution in [3.63, 3.8) is 0 Å². The van der Waals surface area contributed by atoms with Gasteiger partial charge in [0.2, 0.25) is 0 Å². The Morgan fingerprint density at radius 2 is 1.69 bits per heavy atom. The quantitative estimate of drug-likeness (QED) is 0.333. The first kappa shape index (κ1) is 22.2. The Hall–Kier alpha value is -3.04. The molecule has 0 radical (unpaired) electrons. The fraction of sp³-hybridized carbons (Fsp3) is 0.261. The first-order chi connectivity index (χ1) is 15.4. The van der Waals surface area contributed by atoms with Crippen LogP contribution in [-0.4, -0.2) is 23.6 Å². The van der Waals surface area contributed by atoms with Crippen molar-refractivity contribution in [1.29, 1.82) is 0 Å². The topological polar surface area (TPSA) is 102 Å². The summed E-state index contributed by atoms with van der Waals surface area (Å²) in [5, 5.41) is 14.4. The van der Waals surface area contributed by atoms with Crippen LogP contribution in [0.25, 0.3) is 12.2 Å². The number of hydrogen-bond donors (Lipinski definition) is 1. The molecule has 0 spiro atoms. The second-order valence-electron chi connectivity index (χ2n) is 7.70.